The molecule has 0 N–H and O–H groups in total. The molecule has 1 aromatic heterocycles. The minimum atomic E-state index is -0.206. The summed E-state index contributed by atoms with van der Waals surface area (Å²) in [5.41, 5.74) is 0.421. The Labute approximate surface area is 89.1 Å². The number of rotatable bonds is 1. The molecule has 2 rings (SSSR count). The largest absolute Gasteiger partial charge is 0.332 e. The van der Waals surface area contributed by atoms with Gasteiger partial charge in [0.1, 0.15) is 5.69 Å². The highest BCUT2D eigenvalue weighted by atomic mass is 16.1. The van der Waals surface area contributed by atoms with Crippen molar-refractivity contribution in [2.75, 3.05) is 13.1 Å². The molecular formula is C12H12N2O. The van der Waals surface area contributed by atoms with Crippen LogP contribution in [-0.4, -0.2) is 28.8 Å². The number of aromatic nitrogens is 1. The van der Waals surface area contributed by atoms with Crippen molar-refractivity contribution in [3.8, 4) is 12.0 Å². The van der Waals surface area contributed by atoms with Gasteiger partial charge in [0.25, 0.3) is 5.78 Å². The maximum Gasteiger partial charge on any atom is 0.255 e. The number of hydrogen-bond donors (Lipinski definition) is 0. The van der Waals surface area contributed by atoms with Crippen molar-refractivity contribution in [3.63, 3.8) is 0 Å². The molecule has 3 heteroatoms. The van der Waals surface area contributed by atoms with Gasteiger partial charge in [-0.1, -0.05) is 6.07 Å². The number of hydrogen-bond acceptors (Lipinski definition) is 3. The number of nitrogens with zero attached hydrogens (tertiary/aromatic N) is 2. The molecule has 1 aliphatic heterocycles. The zero-order valence-electron chi connectivity index (χ0n) is 8.44. The topological polar surface area (TPSA) is 33.2 Å². The van der Waals surface area contributed by atoms with E-state index in [0.29, 0.717) is 5.69 Å². The van der Waals surface area contributed by atoms with Crippen LogP contribution in [0.4, 0.5) is 0 Å². The minimum absolute atomic E-state index is 0.206. The Morgan fingerprint density at radius 3 is 2.80 bits per heavy atom. The third kappa shape index (κ3) is 2.57. The number of carbonyl (C=O) groups excluding carboxylic acids is 1. The molecular weight excluding hydrogens is 188 g/mol. The van der Waals surface area contributed by atoms with E-state index in [9.17, 15) is 4.79 Å². The first-order chi connectivity index (χ1) is 7.36. The van der Waals surface area contributed by atoms with E-state index in [1.807, 2.05) is 4.90 Å². The standard InChI is InChI=1S/C12H12N2O/c15-12(11-5-1-2-7-13-11)6-10-14-8-3-4-9-14/h1-2,5,7H,3-4,8-9H2. The first kappa shape index (κ1) is 9.72. The molecule has 0 bridgehead atoms. The van der Waals surface area contributed by atoms with E-state index < -0.39 is 0 Å². The van der Waals surface area contributed by atoms with Crippen LogP contribution < -0.4 is 0 Å². The van der Waals surface area contributed by atoms with Crippen molar-refractivity contribution in [1.82, 2.24) is 9.88 Å². The zero-order valence-corrected chi connectivity index (χ0v) is 8.44. The monoisotopic (exact) mass is 200 g/mol. The molecule has 1 aliphatic rings. The van der Waals surface area contributed by atoms with E-state index in [1.165, 1.54) is 12.8 Å². The van der Waals surface area contributed by atoms with Gasteiger partial charge in [0, 0.05) is 31.3 Å². The molecule has 1 aromatic rings. The quantitative estimate of drug-likeness (QED) is 0.506. The van der Waals surface area contributed by atoms with Crippen molar-refractivity contribution in [2.24, 2.45) is 0 Å². The Bertz CT molecular complexity index is 397. The molecule has 0 saturated carbocycles. The van der Waals surface area contributed by atoms with Gasteiger partial charge in [-0.05, 0) is 25.0 Å². The predicted octanol–water partition coefficient (Wildman–Crippen LogP) is 1.32. The van der Waals surface area contributed by atoms with Gasteiger partial charge < -0.3 is 4.90 Å². The number of likely N-dealkylation sites (tertiary alicyclic amines) is 1. The van der Waals surface area contributed by atoms with Crippen LogP contribution in [0, 0.1) is 12.0 Å². The molecule has 1 saturated heterocycles. The van der Waals surface area contributed by atoms with Crippen LogP contribution in [0.3, 0.4) is 0 Å². The van der Waals surface area contributed by atoms with Crippen molar-refractivity contribution < 1.29 is 4.79 Å². The molecule has 0 atom stereocenters. The summed E-state index contributed by atoms with van der Waals surface area (Å²) in [6.07, 6.45) is 3.95. The van der Waals surface area contributed by atoms with E-state index in [1.54, 1.807) is 24.4 Å². The lowest BCUT2D eigenvalue weighted by Crippen LogP contribution is -2.12. The van der Waals surface area contributed by atoms with E-state index in [-0.39, 0.29) is 5.78 Å². The van der Waals surface area contributed by atoms with E-state index >= 15 is 0 Å². The van der Waals surface area contributed by atoms with Crippen LogP contribution in [0.5, 0.6) is 0 Å². The Balaban J connectivity index is 2.03. The maximum atomic E-state index is 11.5. The molecule has 76 valence electrons. The average Bonchev–Trinajstić information content (AvgIpc) is 2.80. The third-order valence-electron chi connectivity index (χ3n) is 2.33. The number of ketones is 1. The summed E-state index contributed by atoms with van der Waals surface area (Å²) >= 11 is 0. The van der Waals surface area contributed by atoms with Gasteiger partial charge in [-0.25, -0.2) is 0 Å². The first-order valence-electron chi connectivity index (χ1n) is 5.08. The Morgan fingerprint density at radius 2 is 2.13 bits per heavy atom. The highest BCUT2D eigenvalue weighted by Crippen LogP contribution is 2.04. The van der Waals surface area contributed by atoms with Gasteiger partial charge in [-0.2, -0.15) is 0 Å². The molecule has 0 unspecified atom stereocenters. The Kier molecular flexibility index (Phi) is 2.99. The lowest BCUT2D eigenvalue weighted by Gasteiger charge is -2.04. The first-order valence-corrected chi connectivity index (χ1v) is 5.08. The maximum absolute atomic E-state index is 11.5. The summed E-state index contributed by atoms with van der Waals surface area (Å²) < 4.78 is 0. The fraction of sp³-hybridized carbons (Fsp3) is 0.333. The second-order valence-electron chi connectivity index (χ2n) is 3.48. The summed E-state index contributed by atoms with van der Waals surface area (Å²) in [5, 5.41) is 0. The number of pyridine rings is 1. The van der Waals surface area contributed by atoms with Gasteiger partial charge in [0.05, 0.1) is 0 Å². The summed E-state index contributed by atoms with van der Waals surface area (Å²) in [6.45, 7) is 1.95. The molecule has 3 nitrogen and oxygen atoms in total. The lowest BCUT2D eigenvalue weighted by atomic mass is 10.2. The van der Waals surface area contributed by atoms with Gasteiger partial charge in [-0.3, -0.25) is 9.78 Å². The SMILES string of the molecule is O=C(C#CN1CCCC1)c1ccccn1. The van der Waals surface area contributed by atoms with Crippen LogP contribution >= 0.6 is 0 Å². The molecule has 0 aliphatic carbocycles. The molecule has 15 heavy (non-hydrogen) atoms. The van der Waals surface area contributed by atoms with Crippen molar-refractivity contribution in [3.05, 3.63) is 30.1 Å². The van der Waals surface area contributed by atoms with E-state index in [0.717, 1.165) is 13.1 Å². The van der Waals surface area contributed by atoms with Gasteiger partial charge >= 0.3 is 0 Å². The molecule has 0 spiro atoms. The molecule has 1 fully saturated rings. The molecule has 0 amide bonds. The molecule has 0 radical (unpaired) electrons. The van der Waals surface area contributed by atoms with Gasteiger partial charge in [0.2, 0.25) is 0 Å². The molecule has 0 aromatic carbocycles. The average molecular weight is 200 g/mol. The van der Waals surface area contributed by atoms with Crippen molar-refractivity contribution in [1.29, 1.82) is 0 Å². The summed E-state index contributed by atoms with van der Waals surface area (Å²) in [5.74, 6) is 2.41. The van der Waals surface area contributed by atoms with Gasteiger partial charge in [0.15, 0.2) is 0 Å². The second kappa shape index (κ2) is 4.61. The zero-order chi connectivity index (χ0) is 10.5. The normalized spacial score (nSPS) is 14.5. The van der Waals surface area contributed by atoms with E-state index in [2.05, 4.69) is 16.9 Å². The Hall–Kier alpha value is -1.82. The van der Waals surface area contributed by atoms with Crippen molar-refractivity contribution in [2.45, 2.75) is 12.8 Å². The van der Waals surface area contributed by atoms with E-state index in [4.69, 9.17) is 0 Å². The number of carbonyl (C=O) groups is 1. The number of Topliss-reactive ketones (excluding diaryl/α,β-unsaturated/α-hetero) is 1. The van der Waals surface area contributed by atoms with Crippen LogP contribution in [0.2, 0.25) is 0 Å². The van der Waals surface area contributed by atoms with Crippen LogP contribution in [0.15, 0.2) is 24.4 Å². The highest BCUT2D eigenvalue weighted by molar-refractivity contribution is 6.07. The summed E-state index contributed by atoms with van der Waals surface area (Å²) in [6, 6.07) is 8.13. The minimum Gasteiger partial charge on any atom is -0.332 e. The van der Waals surface area contributed by atoms with Gasteiger partial charge in [-0.15, -0.1) is 0 Å². The summed E-state index contributed by atoms with van der Waals surface area (Å²) in [7, 11) is 0. The Morgan fingerprint density at radius 1 is 1.33 bits per heavy atom. The third-order valence-corrected chi connectivity index (χ3v) is 2.33. The fourth-order valence-corrected chi connectivity index (χ4v) is 1.52. The van der Waals surface area contributed by atoms with Crippen LogP contribution in [-0.2, 0) is 0 Å². The van der Waals surface area contributed by atoms with Crippen LogP contribution in [0.25, 0.3) is 0 Å². The lowest BCUT2D eigenvalue weighted by molar-refractivity contribution is 0.105. The summed E-state index contributed by atoms with van der Waals surface area (Å²) in [4.78, 5) is 17.5. The smallest absolute Gasteiger partial charge is 0.255 e. The highest BCUT2D eigenvalue weighted by Gasteiger charge is 2.07. The fourth-order valence-electron chi connectivity index (χ4n) is 1.52. The van der Waals surface area contributed by atoms with Crippen LogP contribution in [0.1, 0.15) is 23.3 Å². The predicted molar refractivity (Wildman–Crippen MR) is 57.2 cm³/mol. The van der Waals surface area contributed by atoms with Crippen molar-refractivity contribution >= 4 is 5.78 Å². The molecule has 2 heterocycles. The second-order valence-corrected chi connectivity index (χ2v) is 3.48.